The van der Waals surface area contributed by atoms with Crippen molar-refractivity contribution in [1.82, 2.24) is 14.8 Å². The fourth-order valence-electron chi connectivity index (χ4n) is 2.62. The van der Waals surface area contributed by atoms with Crippen LogP contribution in [0.3, 0.4) is 0 Å². The molecule has 2 aromatic heterocycles. The predicted molar refractivity (Wildman–Crippen MR) is 96.7 cm³/mol. The summed E-state index contributed by atoms with van der Waals surface area (Å²) < 4.78 is 14.7. The SMILES string of the molecule is Cc1nc(Cc2ccc(F)cc2)sc1C(=O)Nc1c(C)c(C)nn1C. The smallest absolute Gasteiger partial charge is 0.268 e. The molecule has 0 aliphatic heterocycles. The van der Waals surface area contributed by atoms with Crippen molar-refractivity contribution in [2.24, 2.45) is 7.05 Å². The Balaban J connectivity index is 1.79. The molecule has 0 atom stereocenters. The van der Waals surface area contributed by atoms with E-state index in [0.717, 1.165) is 21.8 Å². The van der Waals surface area contributed by atoms with Gasteiger partial charge in [-0.25, -0.2) is 9.37 Å². The normalized spacial score (nSPS) is 10.9. The van der Waals surface area contributed by atoms with Crippen LogP contribution < -0.4 is 5.32 Å². The predicted octanol–water partition coefficient (Wildman–Crippen LogP) is 3.78. The van der Waals surface area contributed by atoms with Crippen molar-refractivity contribution in [2.75, 3.05) is 5.32 Å². The van der Waals surface area contributed by atoms with Gasteiger partial charge in [-0.3, -0.25) is 9.48 Å². The van der Waals surface area contributed by atoms with E-state index in [2.05, 4.69) is 15.4 Å². The van der Waals surface area contributed by atoms with Crippen LogP contribution in [0.4, 0.5) is 10.2 Å². The molecule has 2 heterocycles. The molecule has 1 aromatic carbocycles. The van der Waals surface area contributed by atoms with E-state index in [0.29, 0.717) is 22.8 Å². The van der Waals surface area contributed by atoms with E-state index in [1.54, 1.807) is 23.9 Å². The van der Waals surface area contributed by atoms with E-state index in [1.807, 2.05) is 20.8 Å². The summed E-state index contributed by atoms with van der Waals surface area (Å²) in [7, 11) is 1.80. The van der Waals surface area contributed by atoms with Crippen LogP contribution in [-0.2, 0) is 13.5 Å². The van der Waals surface area contributed by atoms with Gasteiger partial charge in [-0.15, -0.1) is 11.3 Å². The number of aromatic nitrogens is 3. The minimum atomic E-state index is -0.263. The molecule has 130 valence electrons. The summed E-state index contributed by atoms with van der Waals surface area (Å²) in [5.74, 6) is 0.239. The third-order valence-corrected chi connectivity index (χ3v) is 5.23. The van der Waals surface area contributed by atoms with E-state index in [9.17, 15) is 9.18 Å². The first-order valence-electron chi connectivity index (χ1n) is 7.87. The summed E-state index contributed by atoms with van der Waals surface area (Å²) in [6, 6.07) is 6.31. The molecule has 0 saturated heterocycles. The van der Waals surface area contributed by atoms with Gasteiger partial charge < -0.3 is 5.32 Å². The van der Waals surface area contributed by atoms with Crippen molar-refractivity contribution >= 4 is 23.1 Å². The number of amides is 1. The molecule has 5 nitrogen and oxygen atoms in total. The molecule has 1 N–H and O–H groups in total. The maximum Gasteiger partial charge on any atom is 0.268 e. The number of thiazole rings is 1. The number of benzene rings is 1. The van der Waals surface area contributed by atoms with Crippen molar-refractivity contribution < 1.29 is 9.18 Å². The third kappa shape index (κ3) is 3.61. The number of anilines is 1. The fraction of sp³-hybridized carbons (Fsp3) is 0.278. The van der Waals surface area contributed by atoms with Crippen LogP contribution in [-0.4, -0.2) is 20.7 Å². The number of carbonyl (C=O) groups excluding carboxylic acids is 1. The lowest BCUT2D eigenvalue weighted by molar-refractivity contribution is 0.102. The summed E-state index contributed by atoms with van der Waals surface area (Å²) >= 11 is 1.36. The minimum Gasteiger partial charge on any atom is -0.306 e. The van der Waals surface area contributed by atoms with E-state index < -0.39 is 0 Å². The lowest BCUT2D eigenvalue weighted by Crippen LogP contribution is -2.15. The van der Waals surface area contributed by atoms with Crippen LogP contribution in [0.25, 0.3) is 0 Å². The highest BCUT2D eigenvalue weighted by Crippen LogP contribution is 2.24. The van der Waals surface area contributed by atoms with Gasteiger partial charge in [-0.1, -0.05) is 12.1 Å². The van der Waals surface area contributed by atoms with Crippen LogP contribution in [0.5, 0.6) is 0 Å². The highest BCUT2D eigenvalue weighted by molar-refractivity contribution is 7.14. The standard InChI is InChI=1S/C18H19FN4OS/c1-10-11(2)22-23(4)17(10)21-18(24)16-12(3)20-15(25-16)9-13-5-7-14(19)8-6-13/h5-8H,9H2,1-4H3,(H,21,24). The number of aryl methyl sites for hydroxylation is 3. The molecule has 25 heavy (non-hydrogen) atoms. The Kier molecular flexibility index (Phi) is 4.67. The number of hydrogen-bond donors (Lipinski definition) is 1. The summed E-state index contributed by atoms with van der Waals surface area (Å²) in [6.07, 6.45) is 0.572. The van der Waals surface area contributed by atoms with E-state index in [1.165, 1.54) is 23.5 Å². The lowest BCUT2D eigenvalue weighted by Gasteiger charge is -2.05. The minimum absolute atomic E-state index is 0.188. The van der Waals surface area contributed by atoms with Gasteiger partial charge in [-0.2, -0.15) is 5.10 Å². The quantitative estimate of drug-likeness (QED) is 0.772. The molecule has 1 amide bonds. The number of hydrogen-bond acceptors (Lipinski definition) is 4. The number of halogens is 1. The molecular formula is C18H19FN4OS. The van der Waals surface area contributed by atoms with Gasteiger partial charge in [0.25, 0.3) is 5.91 Å². The Morgan fingerprint density at radius 1 is 1.20 bits per heavy atom. The molecule has 0 bridgehead atoms. The van der Waals surface area contributed by atoms with Crippen LogP contribution in [0.15, 0.2) is 24.3 Å². The second-order valence-electron chi connectivity index (χ2n) is 5.96. The molecule has 0 aliphatic carbocycles. The molecule has 3 rings (SSSR count). The average Bonchev–Trinajstić information content (AvgIpc) is 3.04. The Labute approximate surface area is 149 Å². The first-order valence-corrected chi connectivity index (χ1v) is 8.69. The second kappa shape index (κ2) is 6.76. The van der Waals surface area contributed by atoms with Gasteiger partial charge in [0.2, 0.25) is 0 Å². The third-order valence-electron chi connectivity index (χ3n) is 4.07. The van der Waals surface area contributed by atoms with Crippen molar-refractivity contribution in [2.45, 2.75) is 27.2 Å². The second-order valence-corrected chi connectivity index (χ2v) is 7.05. The Bertz CT molecular complexity index is 927. The Morgan fingerprint density at radius 2 is 1.88 bits per heavy atom. The van der Waals surface area contributed by atoms with Crippen LogP contribution >= 0.6 is 11.3 Å². The van der Waals surface area contributed by atoms with Crippen LogP contribution in [0.1, 0.15) is 37.2 Å². The van der Waals surface area contributed by atoms with E-state index in [-0.39, 0.29) is 11.7 Å². The largest absolute Gasteiger partial charge is 0.306 e. The molecular weight excluding hydrogens is 339 g/mol. The van der Waals surface area contributed by atoms with Crippen LogP contribution in [0.2, 0.25) is 0 Å². The summed E-state index contributed by atoms with van der Waals surface area (Å²) in [4.78, 5) is 17.7. The molecule has 0 aliphatic rings. The molecule has 3 aromatic rings. The number of carbonyl (C=O) groups is 1. The van der Waals surface area contributed by atoms with Crippen molar-refractivity contribution in [3.8, 4) is 0 Å². The zero-order chi connectivity index (χ0) is 18.1. The van der Waals surface area contributed by atoms with E-state index in [4.69, 9.17) is 0 Å². The van der Waals surface area contributed by atoms with Gasteiger partial charge in [0.1, 0.15) is 16.5 Å². The zero-order valence-electron chi connectivity index (χ0n) is 14.6. The molecule has 0 fully saturated rings. The molecule has 7 heteroatoms. The molecule has 0 saturated carbocycles. The Morgan fingerprint density at radius 3 is 2.48 bits per heavy atom. The molecule has 0 unspecified atom stereocenters. The number of nitrogens with zero attached hydrogens (tertiary/aromatic N) is 3. The first kappa shape index (κ1) is 17.3. The maximum atomic E-state index is 13.0. The monoisotopic (exact) mass is 358 g/mol. The average molecular weight is 358 g/mol. The van der Waals surface area contributed by atoms with Crippen molar-refractivity contribution in [3.05, 3.63) is 62.5 Å². The van der Waals surface area contributed by atoms with Gasteiger partial charge in [-0.05, 0) is 38.5 Å². The highest BCUT2D eigenvalue weighted by Gasteiger charge is 2.18. The summed E-state index contributed by atoms with van der Waals surface area (Å²) in [5, 5.41) is 8.06. The zero-order valence-corrected chi connectivity index (χ0v) is 15.4. The number of nitrogens with one attached hydrogen (secondary N) is 1. The summed E-state index contributed by atoms with van der Waals surface area (Å²) in [6.45, 7) is 5.65. The van der Waals surface area contributed by atoms with Gasteiger partial charge >= 0.3 is 0 Å². The van der Waals surface area contributed by atoms with Gasteiger partial charge in [0, 0.05) is 19.0 Å². The van der Waals surface area contributed by atoms with E-state index >= 15 is 0 Å². The lowest BCUT2D eigenvalue weighted by atomic mass is 10.1. The molecule has 0 spiro atoms. The maximum absolute atomic E-state index is 13.0. The highest BCUT2D eigenvalue weighted by atomic mass is 32.1. The van der Waals surface area contributed by atoms with Gasteiger partial charge in [0.05, 0.1) is 16.4 Å². The fourth-order valence-corrected chi connectivity index (χ4v) is 3.61. The first-order chi connectivity index (χ1) is 11.8. The van der Waals surface area contributed by atoms with Crippen molar-refractivity contribution in [1.29, 1.82) is 0 Å². The van der Waals surface area contributed by atoms with Crippen LogP contribution in [0, 0.1) is 26.6 Å². The van der Waals surface area contributed by atoms with Crippen molar-refractivity contribution in [3.63, 3.8) is 0 Å². The van der Waals surface area contributed by atoms with Gasteiger partial charge in [0.15, 0.2) is 0 Å². The summed E-state index contributed by atoms with van der Waals surface area (Å²) in [5.41, 5.74) is 3.48. The molecule has 0 radical (unpaired) electrons. The Hall–Kier alpha value is -2.54. The topological polar surface area (TPSA) is 59.8 Å². The number of rotatable bonds is 4.